The molecule has 192 valence electrons. The number of fused-ring (bicyclic) bond motifs is 5. The number of carbonyl (C=O) groups excluding carboxylic acids is 2. The fourth-order valence-corrected chi connectivity index (χ4v) is 11.0. The summed E-state index contributed by atoms with van der Waals surface area (Å²) in [5.41, 5.74) is -1.30. The van der Waals surface area contributed by atoms with Crippen molar-refractivity contribution in [1.29, 1.82) is 0 Å². The predicted octanol–water partition coefficient (Wildman–Crippen LogP) is 5.98. The summed E-state index contributed by atoms with van der Waals surface area (Å²) in [5, 5.41) is 10.6. The fourth-order valence-electron chi connectivity index (χ4n) is 11.0. The minimum Gasteiger partial charge on any atom is -0.388 e. The van der Waals surface area contributed by atoms with Crippen molar-refractivity contribution in [3.63, 3.8) is 0 Å². The number of ketones is 1. The van der Waals surface area contributed by atoms with Crippen molar-refractivity contribution < 1.29 is 19.4 Å². The smallest absolute Gasteiger partial charge is 0.149 e. The molecule has 5 rings (SSSR count). The van der Waals surface area contributed by atoms with Gasteiger partial charge in [-0.2, -0.15) is 0 Å². The van der Waals surface area contributed by atoms with Gasteiger partial charge < -0.3 is 14.6 Å². The Morgan fingerprint density at radius 1 is 0.853 bits per heavy atom. The van der Waals surface area contributed by atoms with Crippen LogP contribution in [0.15, 0.2) is 0 Å². The minimum absolute atomic E-state index is 0.0919. The minimum atomic E-state index is -0.804. The molecule has 1 aliphatic heterocycles. The topological polar surface area (TPSA) is 63.6 Å². The number of ether oxygens (including phenoxy) is 1. The Labute approximate surface area is 207 Å². The van der Waals surface area contributed by atoms with E-state index in [4.69, 9.17) is 4.74 Å². The number of aldehydes is 1. The summed E-state index contributed by atoms with van der Waals surface area (Å²) < 4.78 is 6.68. The van der Waals surface area contributed by atoms with Crippen LogP contribution in [-0.4, -0.2) is 34.5 Å². The Bertz CT molecular complexity index is 887. The summed E-state index contributed by atoms with van der Waals surface area (Å²) in [7, 11) is 0. The Balaban J connectivity index is 1.49. The quantitative estimate of drug-likeness (QED) is 0.405. The second kappa shape index (κ2) is 7.18. The van der Waals surface area contributed by atoms with Gasteiger partial charge >= 0.3 is 0 Å². The molecular formula is C30H48O4. The molecule has 10 atom stereocenters. The molecular weight excluding hydrogens is 424 g/mol. The number of hydrogen-bond donors (Lipinski definition) is 1. The molecule has 0 aromatic heterocycles. The highest BCUT2D eigenvalue weighted by Crippen LogP contribution is 2.77. The number of carbonyl (C=O) groups is 2. The highest BCUT2D eigenvalue weighted by atomic mass is 16.5. The Kier molecular flexibility index (Phi) is 5.27. The van der Waals surface area contributed by atoms with E-state index in [0.29, 0.717) is 23.7 Å². The second-order valence-corrected chi connectivity index (χ2v) is 15.0. The van der Waals surface area contributed by atoms with E-state index in [9.17, 15) is 14.7 Å². The molecule has 4 aliphatic carbocycles. The molecule has 5 aliphatic rings. The van der Waals surface area contributed by atoms with Crippen LogP contribution in [0.5, 0.6) is 0 Å². The summed E-state index contributed by atoms with van der Waals surface area (Å²) in [6, 6.07) is 0. The van der Waals surface area contributed by atoms with Gasteiger partial charge in [-0.05, 0) is 112 Å². The maximum atomic E-state index is 13.4. The normalized spacial score (nSPS) is 54.4. The van der Waals surface area contributed by atoms with E-state index in [1.54, 1.807) is 0 Å². The molecule has 1 heterocycles. The van der Waals surface area contributed by atoms with E-state index in [0.717, 1.165) is 44.8 Å². The van der Waals surface area contributed by atoms with E-state index < -0.39 is 16.9 Å². The van der Waals surface area contributed by atoms with Crippen LogP contribution in [0, 0.1) is 51.2 Å². The van der Waals surface area contributed by atoms with E-state index in [2.05, 4.69) is 41.5 Å². The van der Waals surface area contributed by atoms with E-state index in [-0.39, 0.29) is 33.7 Å². The number of rotatable bonds is 3. The first kappa shape index (κ1) is 24.9. The lowest BCUT2D eigenvalue weighted by Gasteiger charge is -2.66. The van der Waals surface area contributed by atoms with Gasteiger partial charge in [-0.3, -0.25) is 4.79 Å². The number of Topliss-reactive ketones (excluding diaryl/α,β-unsaturated/α-hetero) is 1. The molecule has 0 radical (unpaired) electrons. The summed E-state index contributed by atoms with van der Waals surface area (Å²) >= 11 is 0. The van der Waals surface area contributed by atoms with Crippen molar-refractivity contribution >= 4 is 12.1 Å². The molecule has 1 saturated heterocycles. The molecule has 4 heteroatoms. The largest absolute Gasteiger partial charge is 0.388 e. The molecule has 34 heavy (non-hydrogen) atoms. The van der Waals surface area contributed by atoms with Crippen LogP contribution in [0.1, 0.15) is 107 Å². The van der Waals surface area contributed by atoms with Gasteiger partial charge in [-0.25, -0.2) is 0 Å². The maximum absolute atomic E-state index is 13.4. The van der Waals surface area contributed by atoms with Crippen LogP contribution in [0.2, 0.25) is 0 Å². The molecule has 0 unspecified atom stereocenters. The zero-order valence-electron chi connectivity index (χ0n) is 22.9. The lowest BCUT2D eigenvalue weighted by atomic mass is 9.38. The average Bonchev–Trinajstić information content (AvgIpc) is 3.34. The average molecular weight is 473 g/mol. The first-order chi connectivity index (χ1) is 15.6. The highest BCUT2D eigenvalue weighted by molar-refractivity contribution is 6.00. The third kappa shape index (κ3) is 2.85. The molecule has 4 saturated carbocycles. The fraction of sp³-hybridized carbons (Fsp3) is 0.933. The number of aliphatic hydroxyl groups is 1. The highest BCUT2D eigenvalue weighted by Gasteiger charge is 2.73. The van der Waals surface area contributed by atoms with Crippen molar-refractivity contribution in [2.45, 2.75) is 124 Å². The molecule has 0 amide bonds. The zero-order valence-corrected chi connectivity index (χ0v) is 22.9. The zero-order chi connectivity index (χ0) is 25.1. The van der Waals surface area contributed by atoms with Crippen molar-refractivity contribution in [3.8, 4) is 0 Å². The van der Waals surface area contributed by atoms with E-state index in [1.807, 2.05) is 13.8 Å². The van der Waals surface area contributed by atoms with Gasteiger partial charge in [0.05, 0.1) is 23.2 Å². The van der Waals surface area contributed by atoms with Crippen molar-refractivity contribution in [2.24, 2.45) is 51.2 Å². The Morgan fingerprint density at radius 2 is 1.50 bits per heavy atom. The van der Waals surface area contributed by atoms with Crippen molar-refractivity contribution in [3.05, 3.63) is 0 Å². The molecule has 5 fully saturated rings. The van der Waals surface area contributed by atoms with Gasteiger partial charge in [0.15, 0.2) is 0 Å². The van der Waals surface area contributed by atoms with E-state index in [1.165, 1.54) is 12.8 Å². The molecule has 0 spiro atoms. The monoisotopic (exact) mass is 472 g/mol. The third-order valence-corrected chi connectivity index (χ3v) is 13.1. The predicted molar refractivity (Wildman–Crippen MR) is 133 cm³/mol. The summed E-state index contributed by atoms with van der Waals surface area (Å²) in [6.45, 7) is 17.6. The van der Waals surface area contributed by atoms with Gasteiger partial charge in [-0.1, -0.05) is 34.6 Å². The molecule has 0 aromatic carbocycles. The number of hydrogen-bond acceptors (Lipinski definition) is 4. The molecule has 4 nitrogen and oxygen atoms in total. The van der Waals surface area contributed by atoms with Crippen LogP contribution in [-0.2, 0) is 14.3 Å². The van der Waals surface area contributed by atoms with Crippen LogP contribution >= 0.6 is 0 Å². The van der Waals surface area contributed by atoms with E-state index >= 15 is 0 Å². The lowest BCUT2D eigenvalue weighted by molar-refractivity contribution is -0.195. The van der Waals surface area contributed by atoms with Gasteiger partial charge in [0, 0.05) is 5.41 Å². The third-order valence-electron chi connectivity index (χ3n) is 13.1. The van der Waals surface area contributed by atoms with Gasteiger partial charge in [0.2, 0.25) is 0 Å². The van der Waals surface area contributed by atoms with Gasteiger partial charge in [0.25, 0.3) is 0 Å². The summed E-state index contributed by atoms with van der Waals surface area (Å²) in [4.78, 5) is 25.8. The van der Waals surface area contributed by atoms with Crippen molar-refractivity contribution in [1.82, 2.24) is 0 Å². The Morgan fingerprint density at radius 3 is 2.09 bits per heavy atom. The molecule has 1 N–H and O–H groups in total. The Hall–Kier alpha value is -0.740. The first-order valence-electron chi connectivity index (χ1n) is 14.0. The second-order valence-electron chi connectivity index (χ2n) is 15.0. The SMILES string of the molecule is CC(C)(O)[C@H]1CC[C@@](C)([C@H]2CC[C@]3(C)[C@@H]2CC[C@@H]2[C@@]4(C)[C@H](C=O)C(=O)C(C)(C)[C@@H]4CC[C@]23C)O1. The first-order valence-corrected chi connectivity index (χ1v) is 14.0. The molecule has 0 aromatic rings. The van der Waals surface area contributed by atoms with Crippen LogP contribution in [0.4, 0.5) is 0 Å². The van der Waals surface area contributed by atoms with Crippen LogP contribution in [0.3, 0.4) is 0 Å². The van der Waals surface area contributed by atoms with Crippen molar-refractivity contribution in [2.75, 3.05) is 0 Å². The summed E-state index contributed by atoms with van der Waals surface area (Å²) in [5.74, 6) is 1.52. The van der Waals surface area contributed by atoms with Crippen LogP contribution in [0.25, 0.3) is 0 Å². The molecule has 0 bridgehead atoms. The van der Waals surface area contributed by atoms with Gasteiger partial charge in [0.1, 0.15) is 12.1 Å². The van der Waals surface area contributed by atoms with Gasteiger partial charge in [-0.15, -0.1) is 0 Å². The summed E-state index contributed by atoms with van der Waals surface area (Å²) in [6.07, 6.45) is 9.72. The van der Waals surface area contributed by atoms with Crippen LogP contribution < -0.4 is 0 Å². The maximum Gasteiger partial charge on any atom is 0.149 e. The lowest BCUT2D eigenvalue weighted by Crippen LogP contribution is -2.61. The standard InChI is InChI=1S/C30H48O4/c1-25(2)21-12-15-28(6)22(30(21,8)20(17-31)24(25)32)10-9-18-19(11-14-27(18,28)5)29(7)16-13-23(34-29)26(3,4)33/h17-23,33H,9-16H2,1-8H3/t18-,19+,20-,21+,22+,23-,27-,28-,29+,30+/m1/s1.